The van der Waals surface area contributed by atoms with E-state index in [1.54, 1.807) is 6.07 Å². The molecule has 2 aromatic carbocycles. The van der Waals surface area contributed by atoms with E-state index in [1.807, 2.05) is 42.1 Å². The third-order valence-electron chi connectivity index (χ3n) is 4.68. The van der Waals surface area contributed by atoms with E-state index in [1.165, 1.54) is 18.2 Å². The minimum atomic E-state index is -0.520. The fourth-order valence-corrected chi connectivity index (χ4v) is 4.07. The summed E-state index contributed by atoms with van der Waals surface area (Å²) < 4.78 is 19.4. The van der Waals surface area contributed by atoms with Gasteiger partial charge >= 0.3 is 6.01 Å². The van der Waals surface area contributed by atoms with Gasteiger partial charge in [0.25, 0.3) is 5.91 Å². The van der Waals surface area contributed by atoms with Gasteiger partial charge in [-0.2, -0.15) is 11.8 Å². The summed E-state index contributed by atoms with van der Waals surface area (Å²) in [6.07, 6.45) is 0.485. The van der Waals surface area contributed by atoms with Crippen molar-refractivity contribution in [2.75, 3.05) is 29.5 Å². The Balaban J connectivity index is 1.56. The van der Waals surface area contributed by atoms with Crippen LogP contribution in [0.15, 0.2) is 59.0 Å². The topological polar surface area (TPSA) is 71.3 Å². The lowest BCUT2D eigenvalue weighted by atomic mass is 10.1. The number of amides is 1. The Morgan fingerprint density at radius 3 is 2.69 bits per heavy atom. The number of hydrogen-bond donors (Lipinski definition) is 1. The lowest BCUT2D eigenvalue weighted by Crippen LogP contribution is -2.32. The monoisotopic (exact) mass is 412 g/mol. The van der Waals surface area contributed by atoms with E-state index in [-0.39, 0.29) is 11.5 Å². The molecule has 1 aromatic heterocycles. The van der Waals surface area contributed by atoms with Crippen LogP contribution in [0.5, 0.6) is 0 Å². The second-order valence-corrected chi connectivity index (χ2v) is 7.97. The van der Waals surface area contributed by atoms with Gasteiger partial charge in [-0.15, -0.1) is 5.10 Å². The normalized spacial score (nSPS) is 15.1. The number of thioether (sulfide) groups is 1. The van der Waals surface area contributed by atoms with Crippen molar-refractivity contribution in [1.29, 1.82) is 0 Å². The van der Waals surface area contributed by atoms with Crippen LogP contribution in [-0.4, -0.2) is 40.7 Å². The van der Waals surface area contributed by atoms with Crippen LogP contribution in [0.25, 0.3) is 0 Å². The average molecular weight is 412 g/mol. The number of aromatic nitrogens is 2. The molecule has 1 amide bonds. The Bertz CT molecular complexity index is 960. The van der Waals surface area contributed by atoms with Crippen LogP contribution >= 0.6 is 11.8 Å². The first kappa shape index (κ1) is 19.4. The summed E-state index contributed by atoms with van der Waals surface area (Å²) in [6, 6.07) is 15.3. The van der Waals surface area contributed by atoms with Crippen molar-refractivity contribution in [2.45, 2.75) is 12.5 Å². The lowest BCUT2D eigenvalue weighted by molar-refractivity contribution is 0.0929. The minimum Gasteiger partial charge on any atom is -0.406 e. The molecule has 0 aliphatic carbocycles. The van der Waals surface area contributed by atoms with E-state index >= 15 is 0 Å². The van der Waals surface area contributed by atoms with E-state index < -0.39 is 11.9 Å². The Morgan fingerprint density at radius 1 is 1.14 bits per heavy atom. The third-order valence-corrected chi connectivity index (χ3v) is 5.63. The van der Waals surface area contributed by atoms with Gasteiger partial charge in [0.1, 0.15) is 11.9 Å². The highest BCUT2D eigenvalue weighted by atomic mass is 32.2. The number of benzene rings is 2. The quantitative estimate of drug-likeness (QED) is 0.668. The molecular formula is C21H21FN4O2S. The number of rotatable bonds is 6. The average Bonchev–Trinajstić information content (AvgIpc) is 3.25. The van der Waals surface area contributed by atoms with Gasteiger partial charge in [-0.25, -0.2) is 4.39 Å². The maximum absolute atomic E-state index is 13.5. The minimum absolute atomic E-state index is 0.246. The molecule has 4 rings (SSSR count). The summed E-state index contributed by atoms with van der Waals surface area (Å²) in [4.78, 5) is 14.8. The first-order valence-corrected chi connectivity index (χ1v) is 10.6. The van der Waals surface area contributed by atoms with E-state index in [9.17, 15) is 9.18 Å². The molecule has 0 spiro atoms. The van der Waals surface area contributed by atoms with Gasteiger partial charge in [-0.3, -0.25) is 4.79 Å². The van der Waals surface area contributed by atoms with Gasteiger partial charge in [0.05, 0.1) is 0 Å². The Morgan fingerprint density at radius 2 is 1.93 bits per heavy atom. The number of nitrogens with zero attached hydrogens (tertiary/aromatic N) is 3. The molecular weight excluding hydrogens is 391 g/mol. The molecule has 150 valence electrons. The molecule has 1 atom stereocenters. The van der Waals surface area contributed by atoms with Crippen LogP contribution in [0.4, 0.5) is 10.4 Å². The van der Waals surface area contributed by atoms with Crippen LogP contribution in [0.1, 0.15) is 27.9 Å². The summed E-state index contributed by atoms with van der Waals surface area (Å²) in [6.45, 7) is 1.70. The Labute approximate surface area is 172 Å². The van der Waals surface area contributed by atoms with Gasteiger partial charge in [0.15, 0.2) is 0 Å². The predicted molar refractivity (Wildman–Crippen MR) is 111 cm³/mol. The summed E-state index contributed by atoms with van der Waals surface area (Å²) in [7, 11) is 0. The summed E-state index contributed by atoms with van der Waals surface area (Å²) in [5, 5.41) is 11.3. The fraction of sp³-hybridized carbons (Fsp3) is 0.286. The van der Waals surface area contributed by atoms with E-state index in [2.05, 4.69) is 20.4 Å². The number of halogens is 1. The summed E-state index contributed by atoms with van der Waals surface area (Å²) >= 11 is 1.90. The van der Waals surface area contributed by atoms with Crippen LogP contribution in [0, 0.1) is 5.82 Å². The molecule has 29 heavy (non-hydrogen) atoms. The number of nitrogens with one attached hydrogen (secondary N) is 1. The summed E-state index contributed by atoms with van der Waals surface area (Å²) in [5.74, 6) is 1.52. The van der Waals surface area contributed by atoms with Crippen molar-refractivity contribution in [2.24, 2.45) is 0 Å². The lowest BCUT2D eigenvalue weighted by Gasteiger charge is -2.24. The largest absolute Gasteiger partial charge is 0.406 e. The Hall–Kier alpha value is -2.87. The van der Waals surface area contributed by atoms with E-state index in [0.29, 0.717) is 18.3 Å². The number of carbonyl (C=O) groups is 1. The second kappa shape index (κ2) is 9.09. The van der Waals surface area contributed by atoms with Gasteiger partial charge in [-0.1, -0.05) is 41.5 Å². The van der Waals surface area contributed by atoms with Gasteiger partial charge in [0.2, 0.25) is 5.89 Å². The van der Waals surface area contributed by atoms with Gasteiger partial charge in [-0.05, 0) is 23.8 Å². The molecule has 1 saturated heterocycles. The number of anilines is 1. The molecule has 2 heterocycles. The molecule has 1 aliphatic rings. The molecule has 1 N–H and O–H groups in total. The molecule has 3 aromatic rings. The van der Waals surface area contributed by atoms with E-state index in [0.717, 1.165) is 30.2 Å². The third kappa shape index (κ3) is 4.95. The zero-order valence-electron chi connectivity index (χ0n) is 15.8. The molecule has 0 saturated carbocycles. The second-order valence-electron chi connectivity index (χ2n) is 6.75. The standard InChI is InChI=1S/C21H21FN4O2S/c22-17-8-4-7-16(14-17)19(27)23-18(13-15-5-2-1-3-6-15)20-24-25-21(28-20)26-9-11-29-12-10-26/h1-8,14,18H,9-13H2,(H,23,27). The fourth-order valence-electron chi connectivity index (χ4n) is 3.17. The maximum atomic E-state index is 13.5. The van der Waals surface area contributed by atoms with Crippen molar-refractivity contribution < 1.29 is 13.6 Å². The molecule has 1 unspecified atom stereocenters. The first-order chi connectivity index (χ1) is 14.2. The highest BCUT2D eigenvalue weighted by Gasteiger charge is 2.25. The van der Waals surface area contributed by atoms with Gasteiger partial charge in [0, 0.05) is 36.6 Å². The Kier molecular flexibility index (Phi) is 6.09. The number of hydrogen-bond acceptors (Lipinski definition) is 6. The smallest absolute Gasteiger partial charge is 0.318 e. The zero-order chi connectivity index (χ0) is 20.1. The van der Waals surface area contributed by atoms with Crippen molar-refractivity contribution in [3.8, 4) is 0 Å². The van der Waals surface area contributed by atoms with Crippen molar-refractivity contribution >= 4 is 23.7 Å². The predicted octanol–water partition coefficient (Wildman–Crippen LogP) is 3.48. The molecule has 8 heteroatoms. The number of carbonyl (C=O) groups excluding carboxylic acids is 1. The SMILES string of the molecule is O=C(NC(Cc1ccccc1)c1nnc(N2CCSCC2)o1)c1cccc(F)c1. The maximum Gasteiger partial charge on any atom is 0.318 e. The van der Waals surface area contributed by atoms with E-state index in [4.69, 9.17) is 4.42 Å². The van der Waals surface area contributed by atoms with Crippen LogP contribution in [0.2, 0.25) is 0 Å². The highest BCUT2D eigenvalue weighted by Crippen LogP contribution is 2.23. The molecule has 0 radical (unpaired) electrons. The highest BCUT2D eigenvalue weighted by molar-refractivity contribution is 7.99. The summed E-state index contributed by atoms with van der Waals surface area (Å²) in [5.41, 5.74) is 1.27. The first-order valence-electron chi connectivity index (χ1n) is 9.45. The van der Waals surface area contributed by atoms with Crippen molar-refractivity contribution in [1.82, 2.24) is 15.5 Å². The molecule has 1 fully saturated rings. The van der Waals surface area contributed by atoms with Crippen molar-refractivity contribution in [3.63, 3.8) is 0 Å². The van der Waals surface area contributed by atoms with Crippen LogP contribution < -0.4 is 10.2 Å². The van der Waals surface area contributed by atoms with Crippen LogP contribution in [-0.2, 0) is 6.42 Å². The molecule has 1 aliphatic heterocycles. The zero-order valence-corrected chi connectivity index (χ0v) is 16.6. The molecule has 6 nitrogen and oxygen atoms in total. The van der Waals surface area contributed by atoms with Crippen molar-refractivity contribution in [3.05, 3.63) is 77.4 Å². The molecule has 0 bridgehead atoms. The van der Waals surface area contributed by atoms with Gasteiger partial charge < -0.3 is 14.6 Å². The van der Waals surface area contributed by atoms with Crippen LogP contribution in [0.3, 0.4) is 0 Å².